The second-order valence-corrected chi connectivity index (χ2v) is 3.62. The van der Waals surface area contributed by atoms with Gasteiger partial charge in [-0.25, -0.2) is 0 Å². The average Bonchev–Trinajstić information content (AvgIpc) is 2.80. The number of nitrogens with one attached hydrogen (secondary N) is 1. The van der Waals surface area contributed by atoms with E-state index in [2.05, 4.69) is 10.3 Å². The molecule has 2 aromatic rings. The van der Waals surface area contributed by atoms with Crippen LogP contribution in [0.15, 0.2) is 34.7 Å². The summed E-state index contributed by atoms with van der Waals surface area (Å²) in [5, 5.41) is 11.9. The zero-order chi connectivity index (χ0) is 12.8. The van der Waals surface area contributed by atoms with E-state index in [0.29, 0.717) is 18.3 Å². The summed E-state index contributed by atoms with van der Waals surface area (Å²) in [6, 6.07) is 11.8. The Morgan fingerprint density at radius 3 is 2.78 bits per heavy atom. The van der Waals surface area contributed by atoms with Crippen molar-refractivity contribution in [3.63, 3.8) is 0 Å². The molecule has 0 amide bonds. The number of oxazole rings is 1. The van der Waals surface area contributed by atoms with Gasteiger partial charge in [0.05, 0.1) is 0 Å². The molecule has 4 heteroatoms. The summed E-state index contributed by atoms with van der Waals surface area (Å²) in [5.41, 5.74) is 1.34. The third kappa shape index (κ3) is 2.77. The summed E-state index contributed by atoms with van der Waals surface area (Å²) in [5.74, 6) is 0.846. The Hall–Kier alpha value is -2.54. The molecule has 0 aliphatic rings. The van der Waals surface area contributed by atoms with Crippen molar-refractivity contribution in [1.29, 1.82) is 5.26 Å². The van der Waals surface area contributed by atoms with E-state index in [9.17, 15) is 0 Å². The lowest BCUT2D eigenvalue weighted by Crippen LogP contribution is -1.96. The fraction of sp³-hybridized carbons (Fsp3) is 0.143. The van der Waals surface area contributed by atoms with Gasteiger partial charge in [-0.1, -0.05) is 30.3 Å². The second kappa shape index (κ2) is 5.69. The van der Waals surface area contributed by atoms with E-state index in [1.165, 1.54) is 0 Å². The van der Waals surface area contributed by atoms with Crippen LogP contribution in [0, 0.1) is 11.3 Å². The van der Waals surface area contributed by atoms with Gasteiger partial charge in [-0.05, 0) is 18.6 Å². The quantitative estimate of drug-likeness (QED) is 0.890. The van der Waals surface area contributed by atoms with E-state index in [4.69, 9.17) is 9.68 Å². The fourth-order valence-electron chi connectivity index (χ4n) is 1.50. The van der Waals surface area contributed by atoms with Crippen molar-refractivity contribution in [3.05, 3.63) is 47.5 Å². The van der Waals surface area contributed by atoms with Crippen LogP contribution in [0.3, 0.4) is 0 Å². The molecule has 1 heterocycles. The lowest BCUT2D eigenvalue weighted by atomic mass is 10.2. The van der Waals surface area contributed by atoms with Crippen LogP contribution in [0.5, 0.6) is 0 Å². The van der Waals surface area contributed by atoms with Crippen LogP contribution in [0.1, 0.15) is 24.1 Å². The minimum atomic E-state index is 0.282. The molecule has 0 saturated heterocycles. The molecule has 0 spiro atoms. The third-order valence-electron chi connectivity index (χ3n) is 2.30. The molecule has 0 saturated carbocycles. The molecule has 18 heavy (non-hydrogen) atoms. The number of nitrogens with zero attached hydrogens (tertiary/aromatic N) is 2. The monoisotopic (exact) mass is 239 g/mol. The van der Waals surface area contributed by atoms with E-state index in [-0.39, 0.29) is 5.69 Å². The predicted molar refractivity (Wildman–Crippen MR) is 70.8 cm³/mol. The van der Waals surface area contributed by atoms with Gasteiger partial charge in [-0.15, -0.1) is 0 Å². The van der Waals surface area contributed by atoms with Gasteiger partial charge in [0, 0.05) is 12.6 Å². The van der Waals surface area contributed by atoms with Crippen molar-refractivity contribution in [1.82, 2.24) is 4.98 Å². The normalized spacial score (nSPS) is 10.4. The molecule has 4 nitrogen and oxygen atoms in total. The Balaban J connectivity index is 2.20. The van der Waals surface area contributed by atoms with Crippen molar-refractivity contribution in [2.45, 2.75) is 6.92 Å². The van der Waals surface area contributed by atoms with Gasteiger partial charge in [0.25, 0.3) is 0 Å². The number of nitriles is 1. The van der Waals surface area contributed by atoms with Crippen LogP contribution in [0.2, 0.25) is 0 Å². The number of hydrogen-bond acceptors (Lipinski definition) is 4. The van der Waals surface area contributed by atoms with Crippen LogP contribution in [0.4, 0.5) is 5.88 Å². The van der Waals surface area contributed by atoms with Crippen LogP contribution < -0.4 is 5.32 Å². The average molecular weight is 239 g/mol. The topological polar surface area (TPSA) is 61.9 Å². The van der Waals surface area contributed by atoms with Crippen molar-refractivity contribution in [2.24, 2.45) is 0 Å². The predicted octanol–water partition coefficient (Wildman–Crippen LogP) is 3.15. The SMILES string of the molecule is CCNc1oc(/C=C/c2ccccc2)nc1C#N. The van der Waals surface area contributed by atoms with Crippen molar-refractivity contribution in [3.8, 4) is 6.07 Å². The first-order valence-electron chi connectivity index (χ1n) is 5.71. The summed E-state index contributed by atoms with van der Waals surface area (Å²) in [6.45, 7) is 2.62. The lowest BCUT2D eigenvalue weighted by molar-refractivity contribution is 0.559. The Morgan fingerprint density at radius 1 is 1.33 bits per heavy atom. The lowest BCUT2D eigenvalue weighted by Gasteiger charge is -1.94. The molecule has 1 aromatic heterocycles. The summed E-state index contributed by atoms with van der Waals surface area (Å²) in [6.07, 6.45) is 3.64. The van der Waals surface area contributed by atoms with E-state index in [1.54, 1.807) is 6.08 Å². The van der Waals surface area contributed by atoms with Gasteiger partial charge in [-0.3, -0.25) is 0 Å². The Kier molecular flexibility index (Phi) is 3.77. The largest absolute Gasteiger partial charge is 0.420 e. The zero-order valence-electron chi connectivity index (χ0n) is 10.1. The molecule has 0 aliphatic carbocycles. The maximum atomic E-state index is 8.91. The highest BCUT2D eigenvalue weighted by Crippen LogP contribution is 2.17. The number of benzene rings is 1. The number of rotatable bonds is 4. The standard InChI is InChI=1S/C14H13N3O/c1-2-16-14-12(10-15)17-13(18-14)9-8-11-6-4-3-5-7-11/h3-9,16H,2H2,1H3/b9-8+. The first-order valence-corrected chi connectivity index (χ1v) is 5.71. The Morgan fingerprint density at radius 2 is 2.11 bits per heavy atom. The summed E-state index contributed by atoms with van der Waals surface area (Å²) < 4.78 is 5.44. The van der Waals surface area contributed by atoms with Crippen molar-refractivity contribution in [2.75, 3.05) is 11.9 Å². The van der Waals surface area contributed by atoms with Crippen LogP contribution >= 0.6 is 0 Å². The molecule has 0 fully saturated rings. The molecule has 90 valence electrons. The molecule has 0 aliphatic heterocycles. The van der Waals surface area contributed by atoms with Crippen LogP contribution in [-0.2, 0) is 0 Å². The maximum absolute atomic E-state index is 8.91. The molecule has 0 radical (unpaired) electrons. The molecule has 2 rings (SSSR count). The van der Waals surface area contributed by atoms with Gasteiger partial charge >= 0.3 is 0 Å². The van der Waals surface area contributed by atoms with E-state index in [0.717, 1.165) is 5.56 Å². The Labute approximate surface area is 106 Å². The van der Waals surface area contributed by atoms with Crippen molar-refractivity contribution < 1.29 is 4.42 Å². The highest BCUT2D eigenvalue weighted by molar-refractivity contribution is 5.67. The summed E-state index contributed by atoms with van der Waals surface area (Å²) in [4.78, 5) is 4.09. The van der Waals surface area contributed by atoms with Crippen LogP contribution in [-0.4, -0.2) is 11.5 Å². The smallest absolute Gasteiger partial charge is 0.232 e. The minimum Gasteiger partial charge on any atom is -0.420 e. The van der Waals surface area contributed by atoms with Gasteiger partial charge in [0.2, 0.25) is 17.5 Å². The second-order valence-electron chi connectivity index (χ2n) is 3.62. The number of hydrogen-bond donors (Lipinski definition) is 1. The highest BCUT2D eigenvalue weighted by Gasteiger charge is 2.09. The van der Waals surface area contributed by atoms with Gasteiger partial charge < -0.3 is 9.73 Å². The van der Waals surface area contributed by atoms with Crippen molar-refractivity contribution >= 4 is 18.0 Å². The molecular formula is C14H13N3O. The maximum Gasteiger partial charge on any atom is 0.232 e. The molecule has 1 N–H and O–H groups in total. The van der Waals surface area contributed by atoms with Gasteiger partial charge in [0.1, 0.15) is 6.07 Å². The van der Waals surface area contributed by atoms with Gasteiger partial charge in [-0.2, -0.15) is 10.2 Å². The zero-order valence-corrected chi connectivity index (χ0v) is 10.1. The number of anilines is 1. The van der Waals surface area contributed by atoms with E-state index in [1.807, 2.05) is 49.4 Å². The minimum absolute atomic E-state index is 0.282. The molecular weight excluding hydrogens is 226 g/mol. The molecule has 0 unspecified atom stereocenters. The molecule has 1 aromatic carbocycles. The Bertz CT molecular complexity index is 579. The first-order chi connectivity index (χ1) is 8.83. The van der Waals surface area contributed by atoms with Crippen LogP contribution in [0.25, 0.3) is 12.2 Å². The van der Waals surface area contributed by atoms with E-state index < -0.39 is 0 Å². The summed E-state index contributed by atoms with van der Waals surface area (Å²) in [7, 11) is 0. The fourth-order valence-corrected chi connectivity index (χ4v) is 1.50. The third-order valence-corrected chi connectivity index (χ3v) is 2.30. The first kappa shape index (κ1) is 11.9. The summed E-state index contributed by atoms with van der Waals surface area (Å²) >= 11 is 0. The highest BCUT2D eigenvalue weighted by atomic mass is 16.4. The van der Waals surface area contributed by atoms with Gasteiger partial charge in [0.15, 0.2) is 0 Å². The number of aromatic nitrogens is 1. The van der Waals surface area contributed by atoms with E-state index >= 15 is 0 Å². The molecule has 0 bridgehead atoms. The molecule has 0 atom stereocenters.